The lowest BCUT2D eigenvalue weighted by Gasteiger charge is -2.11. The molecule has 0 bridgehead atoms. The molecule has 1 aliphatic carbocycles. The van der Waals surface area contributed by atoms with Crippen molar-refractivity contribution in [3.8, 4) is 0 Å². The number of hydrogen-bond donors (Lipinski definition) is 0. The van der Waals surface area contributed by atoms with Crippen molar-refractivity contribution in [3.63, 3.8) is 0 Å². The van der Waals surface area contributed by atoms with E-state index in [1.807, 2.05) is 13.8 Å². The van der Waals surface area contributed by atoms with Gasteiger partial charge in [0.25, 0.3) is 0 Å². The summed E-state index contributed by atoms with van der Waals surface area (Å²) in [7, 11) is 0. The van der Waals surface area contributed by atoms with Gasteiger partial charge in [-0.3, -0.25) is 0 Å². The maximum absolute atomic E-state index is 11.6. The van der Waals surface area contributed by atoms with Crippen LogP contribution in [0.3, 0.4) is 0 Å². The third-order valence-corrected chi connectivity index (χ3v) is 3.27. The van der Waals surface area contributed by atoms with E-state index in [1.165, 1.54) is 24.4 Å². The van der Waals surface area contributed by atoms with Gasteiger partial charge in [0.15, 0.2) is 0 Å². The second kappa shape index (κ2) is 3.69. The molecular formula is C10H13NO2S. The second-order valence-corrected chi connectivity index (χ2v) is 4.39. The van der Waals surface area contributed by atoms with Crippen LogP contribution in [0.1, 0.15) is 35.8 Å². The minimum Gasteiger partial charge on any atom is -0.459 e. The molecule has 1 saturated carbocycles. The second-order valence-electron chi connectivity index (χ2n) is 3.76. The molecule has 3 nitrogen and oxygen atoms in total. The summed E-state index contributed by atoms with van der Waals surface area (Å²) in [5.41, 5.74) is 1.38. The molecule has 1 atom stereocenters. The van der Waals surface area contributed by atoms with Crippen LogP contribution in [0, 0.1) is 12.8 Å². The molecule has 0 N–H and O–H groups in total. The van der Waals surface area contributed by atoms with Gasteiger partial charge in [-0.1, -0.05) is 0 Å². The third-order valence-electron chi connectivity index (χ3n) is 2.55. The fraction of sp³-hybridized carbons (Fsp3) is 0.600. The summed E-state index contributed by atoms with van der Waals surface area (Å²) >= 11 is 1.29. The Morgan fingerprint density at radius 3 is 2.93 bits per heavy atom. The highest BCUT2D eigenvalue weighted by Gasteiger charge is 2.31. The van der Waals surface area contributed by atoms with E-state index in [2.05, 4.69) is 4.37 Å². The van der Waals surface area contributed by atoms with Crippen LogP contribution >= 0.6 is 11.5 Å². The predicted octanol–water partition coefficient (Wildman–Crippen LogP) is 2.41. The molecule has 1 aromatic rings. The SMILES string of the molecule is Cc1nscc1C(=O)O[C@@H](C)C1CC1. The van der Waals surface area contributed by atoms with Gasteiger partial charge in [-0.15, -0.1) is 0 Å². The Morgan fingerprint density at radius 1 is 1.71 bits per heavy atom. The van der Waals surface area contributed by atoms with Gasteiger partial charge in [-0.2, -0.15) is 4.37 Å². The van der Waals surface area contributed by atoms with Gasteiger partial charge in [-0.25, -0.2) is 4.79 Å². The Labute approximate surface area is 87.3 Å². The lowest BCUT2D eigenvalue weighted by Crippen LogP contribution is -2.16. The molecule has 0 aliphatic heterocycles. The minimum atomic E-state index is -0.226. The zero-order valence-corrected chi connectivity index (χ0v) is 9.13. The lowest BCUT2D eigenvalue weighted by atomic mass is 10.2. The molecule has 4 heteroatoms. The smallest absolute Gasteiger partial charge is 0.341 e. The first kappa shape index (κ1) is 9.65. The van der Waals surface area contributed by atoms with Crippen LogP contribution in [0.4, 0.5) is 0 Å². The number of hydrogen-bond acceptors (Lipinski definition) is 4. The van der Waals surface area contributed by atoms with E-state index in [1.54, 1.807) is 5.38 Å². The molecule has 2 rings (SSSR count). The van der Waals surface area contributed by atoms with Crippen molar-refractivity contribution in [1.29, 1.82) is 0 Å². The van der Waals surface area contributed by atoms with Crippen LogP contribution in [-0.4, -0.2) is 16.4 Å². The number of esters is 1. The van der Waals surface area contributed by atoms with Gasteiger partial charge in [0.05, 0.1) is 11.3 Å². The highest BCUT2D eigenvalue weighted by atomic mass is 32.1. The van der Waals surface area contributed by atoms with Gasteiger partial charge in [-0.05, 0) is 44.1 Å². The molecule has 76 valence electrons. The van der Waals surface area contributed by atoms with E-state index in [-0.39, 0.29) is 12.1 Å². The molecular weight excluding hydrogens is 198 g/mol. The number of carbonyl (C=O) groups excluding carboxylic acids is 1. The van der Waals surface area contributed by atoms with E-state index in [4.69, 9.17) is 4.74 Å². The zero-order chi connectivity index (χ0) is 10.1. The number of aryl methyl sites for hydroxylation is 1. The van der Waals surface area contributed by atoms with E-state index >= 15 is 0 Å². The largest absolute Gasteiger partial charge is 0.459 e. The Morgan fingerprint density at radius 2 is 2.43 bits per heavy atom. The predicted molar refractivity (Wildman–Crippen MR) is 54.5 cm³/mol. The van der Waals surface area contributed by atoms with Crippen LogP contribution in [0.5, 0.6) is 0 Å². The minimum absolute atomic E-state index is 0.0572. The third kappa shape index (κ3) is 1.95. The van der Waals surface area contributed by atoms with E-state index < -0.39 is 0 Å². The molecule has 1 aromatic heterocycles. The van der Waals surface area contributed by atoms with Crippen molar-refractivity contribution < 1.29 is 9.53 Å². The number of ether oxygens (including phenoxy) is 1. The summed E-state index contributed by atoms with van der Waals surface area (Å²) in [5, 5.41) is 1.75. The molecule has 0 aromatic carbocycles. The number of carbonyl (C=O) groups is 1. The fourth-order valence-electron chi connectivity index (χ4n) is 1.38. The van der Waals surface area contributed by atoms with Crippen molar-refractivity contribution in [1.82, 2.24) is 4.37 Å². The number of aromatic nitrogens is 1. The maximum atomic E-state index is 11.6. The summed E-state index contributed by atoms with van der Waals surface area (Å²) in [6.45, 7) is 3.79. The van der Waals surface area contributed by atoms with Crippen LogP contribution in [0.15, 0.2) is 5.38 Å². The molecule has 14 heavy (non-hydrogen) atoms. The van der Waals surface area contributed by atoms with E-state index in [0.29, 0.717) is 11.5 Å². The molecule has 0 spiro atoms. The average Bonchev–Trinajstić information content (AvgIpc) is 2.89. The van der Waals surface area contributed by atoms with Gasteiger partial charge < -0.3 is 4.74 Å². The van der Waals surface area contributed by atoms with E-state index in [9.17, 15) is 4.79 Å². The summed E-state index contributed by atoms with van der Waals surface area (Å²) in [5.74, 6) is 0.363. The quantitative estimate of drug-likeness (QED) is 0.721. The average molecular weight is 211 g/mol. The summed E-state index contributed by atoms with van der Waals surface area (Å²) < 4.78 is 9.37. The van der Waals surface area contributed by atoms with Crippen LogP contribution in [0.2, 0.25) is 0 Å². The number of rotatable bonds is 3. The van der Waals surface area contributed by atoms with Crippen molar-refractivity contribution in [3.05, 3.63) is 16.6 Å². The number of nitrogens with zero attached hydrogens (tertiary/aromatic N) is 1. The maximum Gasteiger partial charge on any atom is 0.341 e. The van der Waals surface area contributed by atoms with Gasteiger partial charge in [0.2, 0.25) is 0 Å². The van der Waals surface area contributed by atoms with Crippen molar-refractivity contribution in [2.75, 3.05) is 0 Å². The fourth-order valence-corrected chi connectivity index (χ4v) is 2.06. The Bertz CT molecular complexity index is 344. The molecule has 1 heterocycles. The molecule has 0 radical (unpaired) electrons. The normalized spacial score (nSPS) is 17.9. The Kier molecular flexibility index (Phi) is 2.54. The van der Waals surface area contributed by atoms with Crippen LogP contribution in [-0.2, 0) is 4.74 Å². The Hall–Kier alpha value is -0.900. The molecule has 0 unspecified atom stereocenters. The van der Waals surface area contributed by atoms with E-state index in [0.717, 1.165) is 5.69 Å². The summed E-state index contributed by atoms with van der Waals surface area (Å²) in [6, 6.07) is 0. The summed E-state index contributed by atoms with van der Waals surface area (Å²) in [6.07, 6.45) is 2.44. The highest BCUT2D eigenvalue weighted by molar-refractivity contribution is 7.03. The van der Waals surface area contributed by atoms with Gasteiger partial charge in [0, 0.05) is 5.38 Å². The van der Waals surface area contributed by atoms with Crippen LogP contribution in [0.25, 0.3) is 0 Å². The summed E-state index contributed by atoms with van der Waals surface area (Å²) in [4.78, 5) is 11.6. The molecule has 1 fully saturated rings. The zero-order valence-electron chi connectivity index (χ0n) is 8.32. The van der Waals surface area contributed by atoms with Crippen molar-refractivity contribution in [2.24, 2.45) is 5.92 Å². The standard InChI is InChI=1S/C10H13NO2S/c1-6-9(5-14-11-6)10(12)13-7(2)8-3-4-8/h5,7-8H,3-4H2,1-2H3/t7-/m0/s1. The molecule has 1 aliphatic rings. The Balaban J connectivity index is 1.98. The topological polar surface area (TPSA) is 39.2 Å². The highest BCUT2D eigenvalue weighted by Crippen LogP contribution is 2.34. The first-order valence-electron chi connectivity index (χ1n) is 4.80. The first-order chi connectivity index (χ1) is 6.68. The monoisotopic (exact) mass is 211 g/mol. The van der Waals surface area contributed by atoms with Crippen molar-refractivity contribution in [2.45, 2.75) is 32.8 Å². The molecule has 0 amide bonds. The lowest BCUT2D eigenvalue weighted by molar-refractivity contribution is 0.0294. The first-order valence-corrected chi connectivity index (χ1v) is 5.64. The van der Waals surface area contributed by atoms with Gasteiger partial charge in [0.1, 0.15) is 6.10 Å². The van der Waals surface area contributed by atoms with Gasteiger partial charge >= 0.3 is 5.97 Å². The van der Waals surface area contributed by atoms with Crippen molar-refractivity contribution >= 4 is 17.5 Å². The molecule has 0 saturated heterocycles. The van der Waals surface area contributed by atoms with Crippen LogP contribution < -0.4 is 0 Å².